The summed E-state index contributed by atoms with van der Waals surface area (Å²) in [6, 6.07) is 7.45. The number of aryl methyl sites for hydroxylation is 1. The first-order valence-electron chi connectivity index (χ1n) is 7.36. The van der Waals surface area contributed by atoms with Crippen LogP contribution in [0.1, 0.15) is 11.3 Å². The van der Waals surface area contributed by atoms with E-state index < -0.39 is 45.4 Å². The lowest BCUT2D eigenvalue weighted by Crippen LogP contribution is -2.25. The summed E-state index contributed by atoms with van der Waals surface area (Å²) >= 11 is 0. The van der Waals surface area contributed by atoms with Crippen LogP contribution < -0.4 is 5.56 Å². The third-order valence-corrected chi connectivity index (χ3v) is 3.91. The Labute approximate surface area is 144 Å². The fourth-order valence-corrected chi connectivity index (χ4v) is 2.55. The van der Waals surface area contributed by atoms with E-state index in [1.54, 1.807) is 25.1 Å². The van der Waals surface area contributed by atoms with Gasteiger partial charge >= 0.3 is 6.18 Å². The molecule has 0 radical (unpaired) electrons. The zero-order valence-electron chi connectivity index (χ0n) is 13.4. The molecule has 134 valence electrons. The van der Waals surface area contributed by atoms with Crippen molar-refractivity contribution in [3.05, 3.63) is 76.2 Å². The highest BCUT2D eigenvalue weighted by atomic mass is 19.4. The van der Waals surface area contributed by atoms with Gasteiger partial charge in [-0.25, -0.2) is 8.78 Å². The first-order valence-corrected chi connectivity index (χ1v) is 7.36. The SMILES string of the molecule is C=C(c1nn(-c2ccccc2C)c(=O)c2cc(F)c(F)cc12)C(F)(F)F. The van der Waals surface area contributed by atoms with Crippen LogP contribution in [0, 0.1) is 18.6 Å². The third kappa shape index (κ3) is 2.87. The highest BCUT2D eigenvalue weighted by molar-refractivity contribution is 5.92. The van der Waals surface area contributed by atoms with E-state index in [2.05, 4.69) is 11.7 Å². The molecule has 8 heteroatoms. The second-order valence-corrected chi connectivity index (χ2v) is 5.64. The highest BCUT2D eigenvalue weighted by Crippen LogP contribution is 2.34. The second kappa shape index (κ2) is 6.05. The standard InChI is InChI=1S/C18H11F5N2O/c1-9-5-3-4-6-15(9)25-17(26)12-8-14(20)13(19)7-11(12)16(24-25)10(2)18(21,22)23/h3-8H,2H2,1H3. The van der Waals surface area contributed by atoms with Crippen molar-refractivity contribution in [2.24, 2.45) is 0 Å². The van der Waals surface area contributed by atoms with Gasteiger partial charge in [-0.3, -0.25) is 4.79 Å². The molecule has 3 aromatic rings. The van der Waals surface area contributed by atoms with Crippen molar-refractivity contribution in [2.75, 3.05) is 0 Å². The van der Waals surface area contributed by atoms with E-state index in [1.807, 2.05) is 0 Å². The number of rotatable bonds is 2. The summed E-state index contributed by atoms with van der Waals surface area (Å²) in [4.78, 5) is 12.7. The predicted molar refractivity (Wildman–Crippen MR) is 87.1 cm³/mol. The van der Waals surface area contributed by atoms with Crippen LogP contribution in [0.3, 0.4) is 0 Å². The van der Waals surface area contributed by atoms with Gasteiger partial charge in [-0.15, -0.1) is 0 Å². The number of benzene rings is 2. The number of hydrogen-bond donors (Lipinski definition) is 0. The lowest BCUT2D eigenvalue weighted by atomic mass is 10.1. The molecule has 3 nitrogen and oxygen atoms in total. The Morgan fingerprint density at radius 2 is 1.65 bits per heavy atom. The van der Waals surface area contributed by atoms with Crippen molar-refractivity contribution in [2.45, 2.75) is 13.1 Å². The number of fused-ring (bicyclic) bond motifs is 1. The molecule has 0 fully saturated rings. The third-order valence-electron chi connectivity index (χ3n) is 3.91. The van der Waals surface area contributed by atoms with Crippen molar-refractivity contribution >= 4 is 16.3 Å². The lowest BCUT2D eigenvalue weighted by molar-refractivity contribution is -0.0688. The van der Waals surface area contributed by atoms with Gasteiger partial charge in [0.05, 0.1) is 16.6 Å². The topological polar surface area (TPSA) is 34.9 Å². The maximum Gasteiger partial charge on any atom is 0.417 e. The molecule has 26 heavy (non-hydrogen) atoms. The first-order chi connectivity index (χ1) is 12.1. The monoisotopic (exact) mass is 366 g/mol. The first kappa shape index (κ1) is 17.8. The van der Waals surface area contributed by atoms with E-state index in [4.69, 9.17) is 0 Å². The van der Waals surface area contributed by atoms with Crippen molar-refractivity contribution in [1.82, 2.24) is 9.78 Å². The Morgan fingerprint density at radius 3 is 2.23 bits per heavy atom. The summed E-state index contributed by atoms with van der Waals surface area (Å²) in [7, 11) is 0. The lowest BCUT2D eigenvalue weighted by Gasteiger charge is -2.15. The molecule has 0 aliphatic rings. The van der Waals surface area contributed by atoms with Gasteiger partial charge in [0.2, 0.25) is 0 Å². The van der Waals surface area contributed by atoms with Crippen molar-refractivity contribution < 1.29 is 22.0 Å². The maximum atomic E-state index is 13.6. The van der Waals surface area contributed by atoms with Gasteiger partial charge in [0, 0.05) is 5.39 Å². The molecule has 3 rings (SSSR count). The number of para-hydroxylation sites is 1. The fourth-order valence-electron chi connectivity index (χ4n) is 2.55. The Bertz CT molecular complexity index is 1100. The number of nitrogens with zero attached hydrogens (tertiary/aromatic N) is 2. The van der Waals surface area contributed by atoms with Gasteiger partial charge < -0.3 is 0 Å². The normalized spacial score (nSPS) is 11.8. The molecule has 0 N–H and O–H groups in total. The fraction of sp³-hybridized carbons (Fsp3) is 0.111. The van der Waals surface area contributed by atoms with E-state index in [-0.39, 0.29) is 5.69 Å². The number of alkyl halides is 3. The van der Waals surface area contributed by atoms with Gasteiger partial charge in [0.1, 0.15) is 5.69 Å². The molecule has 0 amide bonds. The zero-order valence-corrected chi connectivity index (χ0v) is 13.4. The Kier molecular flexibility index (Phi) is 4.14. The molecule has 0 saturated heterocycles. The Hall–Kier alpha value is -3.03. The molecule has 0 saturated carbocycles. The van der Waals surface area contributed by atoms with Crippen molar-refractivity contribution in [3.8, 4) is 5.69 Å². The van der Waals surface area contributed by atoms with Gasteiger partial charge in [-0.2, -0.15) is 23.0 Å². The second-order valence-electron chi connectivity index (χ2n) is 5.64. The molecule has 0 spiro atoms. The molecular formula is C18H11F5N2O. The summed E-state index contributed by atoms with van der Waals surface area (Å²) < 4.78 is 67.4. The summed E-state index contributed by atoms with van der Waals surface area (Å²) in [5, 5.41) is 2.88. The van der Waals surface area contributed by atoms with E-state index >= 15 is 0 Å². The Balaban J connectivity index is 2.48. The smallest absolute Gasteiger partial charge is 0.267 e. The minimum atomic E-state index is -4.86. The minimum absolute atomic E-state index is 0.223. The van der Waals surface area contributed by atoms with Crippen LogP contribution in [0.25, 0.3) is 22.0 Å². The predicted octanol–water partition coefficient (Wildman–Crippen LogP) is 4.55. The quantitative estimate of drug-likeness (QED) is 0.624. The van der Waals surface area contributed by atoms with Gasteiger partial charge in [0.25, 0.3) is 5.56 Å². The van der Waals surface area contributed by atoms with Crippen molar-refractivity contribution in [3.63, 3.8) is 0 Å². The summed E-state index contributed by atoms with van der Waals surface area (Å²) in [6.45, 7) is 4.60. The van der Waals surface area contributed by atoms with E-state index in [0.29, 0.717) is 17.7 Å². The summed E-state index contributed by atoms with van der Waals surface area (Å²) in [5.41, 5.74) is -2.19. The number of halogens is 5. The highest BCUT2D eigenvalue weighted by Gasteiger charge is 2.36. The van der Waals surface area contributed by atoms with Crippen LogP contribution >= 0.6 is 0 Å². The molecule has 1 heterocycles. The van der Waals surface area contributed by atoms with Crippen LogP contribution in [0.2, 0.25) is 0 Å². The van der Waals surface area contributed by atoms with E-state index in [0.717, 1.165) is 4.68 Å². The minimum Gasteiger partial charge on any atom is -0.267 e. The molecule has 0 unspecified atom stereocenters. The molecule has 1 aromatic heterocycles. The van der Waals surface area contributed by atoms with Gasteiger partial charge in [0.15, 0.2) is 11.6 Å². The number of hydrogen-bond acceptors (Lipinski definition) is 2. The average Bonchev–Trinajstić information content (AvgIpc) is 2.57. The van der Waals surface area contributed by atoms with E-state index in [9.17, 15) is 26.7 Å². The molecular weight excluding hydrogens is 355 g/mol. The molecule has 0 aliphatic carbocycles. The zero-order chi connectivity index (χ0) is 19.2. The van der Waals surface area contributed by atoms with Crippen LogP contribution in [-0.2, 0) is 0 Å². The van der Waals surface area contributed by atoms with E-state index in [1.165, 1.54) is 6.07 Å². The summed E-state index contributed by atoms with van der Waals surface area (Å²) in [5.74, 6) is -2.73. The molecule has 2 aromatic carbocycles. The average molecular weight is 366 g/mol. The largest absolute Gasteiger partial charge is 0.417 e. The number of allylic oxidation sites excluding steroid dienone is 1. The molecule has 0 aliphatic heterocycles. The van der Waals surface area contributed by atoms with Crippen molar-refractivity contribution in [1.29, 1.82) is 0 Å². The summed E-state index contributed by atoms with van der Waals surface area (Å²) in [6.07, 6.45) is -4.86. The van der Waals surface area contributed by atoms with Gasteiger partial charge in [-0.05, 0) is 30.7 Å². The molecule has 0 atom stereocenters. The maximum absolute atomic E-state index is 13.6. The molecule has 0 bridgehead atoms. The van der Waals surface area contributed by atoms with Crippen LogP contribution in [0.15, 0.2) is 47.8 Å². The number of aromatic nitrogens is 2. The van der Waals surface area contributed by atoms with Crippen LogP contribution in [-0.4, -0.2) is 16.0 Å². The van der Waals surface area contributed by atoms with Crippen LogP contribution in [0.4, 0.5) is 22.0 Å². The van der Waals surface area contributed by atoms with Crippen LogP contribution in [0.5, 0.6) is 0 Å². The Morgan fingerprint density at radius 1 is 1.08 bits per heavy atom. The van der Waals surface area contributed by atoms with Gasteiger partial charge in [-0.1, -0.05) is 24.8 Å².